The van der Waals surface area contributed by atoms with Gasteiger partial charge in [0.15, 0.2) is 11.5 Å². The van der Waals surface area contributed by atoms with Crippen molar-refractivity contribution in [2.45, 2.75) is 6.54 Å². The number of aromatic nitrogens is 4. The van der Waals surface area contributed by atoms with E-state index < -0.39 is 0 Å². The van der Waals surface area contributed by atoms with Crippen LogP contribution in [0.5, 0.6) is 0 Å². The van der Waals surface area contributed by atoms with Crippen molar-refractivity contribution in [3.05, 3.63) is 45.4 Å². The van der Waals surface area contributed by atoms with Crippen molar-refractivity contribution >= 4 is 40.4 Å². The zero-order chi connectivity index (χ0) is 17.4. The summed E-state index contributed by atoms with van der Waals surface area (Å²) < 4.78 is 6.89. The smallest absolute Gasteiger partial charge is 0.226 e. The van der Waals surface area contributed by atoms with Crippen molar-refractivity contribution in [2.24, 2.45) is 0 Å². The van der Waals surface area contributed by atoms with E-state index in [2.05, 4.69) is 20.0 Å². The fourth-order valence-electron chi connectivity index (χ4n) is 2.76. The van der Waals surface area contributed by atoms with E-state index in [1.54, 1.807) is 12.1 Å². The topological polar surface area (TPSA) is 55.5 Å². The molecule has 0 amide bonds. The molecule has 0 bridgehead atoms. The first-order valence-corrected chi connectivity index (χ1v) is 8.91. The molecule has 1 fully saturated rings. The molecule has 1 aromatic carbocycles. The van der Waals surface area contributed by atoms with Gasteiger partial charge in [0.25, 0.3) is 0 Å². The molecule has 0 radical (unpaired) electrons. The van der Waals surface area contributed by atoms with Gasteiger partial charge in [0.05, 0.1) is 30.5 Å². The third kappa shape index (κ3) is 3.59. The first kappa shape index (κ1) is 17.0. The lowest BCUT2D eigenvalue weighted by atomic mass is 10.1. The van der Waals surface area contributed by atoms with Crippen LogP contribution in [0.15, 0.2) is 24.3 Å². The minimum Gasteiger partial charge on any atom is -0.379 e. The van der Waals surface area contributed by atoms with Crippen molar-refractivity contribution in [1.82, 2.24) is 24.5 Å². The van der Waals surface area contributed by atoms with E-state index in [9.17, 15) is 0 Å². The first-order valence-electron chi connectivity index (χ1n) is 7.78. The quantitative estimate of drug-likeness (QED) is 0.631. The molecule has 0 unspecified atom stereocenters. The van der Waals surface area contributed by atoms with Gasteiger partial charge in [-0.3, -0.25) is 4.90 Å². The Balaban J connectivity index is 1.69. The second-order valence-corrected chi connectivity index (χ2v) is 6.90. The van der Waals surface area contributed by atoms with Gasteiger partial charge in [-0.1, -0.05) is 23.2 Å². The van der Waals surface area contributed by atoms with E-state index in [0.717, 1.165) is 31.9 Å². The third-order valence-corrected chi connectivity index (χ3v) is 4.80. The summed E-state index contributed by atoms with van der Waals surface area (Å²) in [5, 5.41) is 5.76. The summed E-state index contributed by atoms with van der Waals surface area (Å²) in [5.74, 6) is 0.699. The number of halogens is 3. The molecule has 1 saturated heterocycles. The number of fused-ring (bicyclic) bond motifs is 1. The predicted octanol–water partition coefficient (Wildman–Crippen LogP) is 3.58. The van der Waals surface area contributed by atoms with Gasteiger partial charge in [-0.15, -0.1) is 5.10 Å². The van der Waals surface area contributed by atoms with Crippen LogP contribution in [0.2, 0.25) is 15.3 Å². The maximum Gasteiger partial charge on any atom is 0.226 e. The monoisotopic (exact) mass is 397 g/mol. The van der Waals surface area contributed by atoms with Crippen LogP contribution in [0.1, 0.15) is 5.82 Å². The molecule has 1 aliphatic heterocycles. The number of rotatable bonds is 3. The van der Waals surface area contributed by atoms with Crippen LogP contribution in [0.4, 0.5) is 0 Å². The summed E-state index contributed by atoms with van der Waals surface area (Å²) in [6.45, 7) is 3.85. The number of benzene rings is 1. The molecule has 130 valence electrons. The summed E-state index contributed by atoms with van der Waals surface area (Å²) in [7, 11) is 0. The van der Waals surface area contributed by atoms with E-state index >= 15 is 0 Å². The molecule has 0 saturated carbocycles. The van der Waals surface area contributed by atoms with Crippen LogP contribution in [-0.2, 0) is 11.3 Å². The van der Waals surface area contributed by atoms with E-state index in [1.165, 1.54) is 4.52 Å². The molecule has 0 atom stereocenters. The molecule has 3 heterocycles. The molecular weight excluding hydrogens is 385 g/mol. The van der Waals surface area contributed by atoms with Crippen LogP contribution in [0.3, 0.4) is 0 Å². The van der Waals surface area contributed by atoms with Gasteiger partial charge in [-0.2, -0.15) is 4.52 Å². The molecule has 4 rings (SSSR count). The summed E-state index contributed by atoms with van der Waals surface area (Å²) in [5.41, 5.74) is 2.00. The van der Waals surface area contributed by atoms with Crippen LogP contribution in [0.25, 0.3) is 16.9 Å². The second kappa shape index (κ2) is 7.05. The van der Waals surface area contributed by atoms with E-state index in [0.29, 0.717) is 33.8 Å². The van der Waals surface area contributed by atoms with Gasteiger partial charge in [0.1, 0.15) is 0 Å². The minimum atomic E-state index is 0.235. The van der Waals surface area contributed by atoms with Crippen molar-refractivity contribution < 1.29 is 4.74 Å². The number of hydrogen-bond donors (Lipinski definition) is 0. The highest BCUT2D eigenvalue weighted by atomic mass is 35.5. The standard InChI is InChI=1S/C16H14Cl3N5O/c17-10-1-2-11(12(18)7-10)13-8-15-21-14(22-24(15)16(19)20-13)9-23-3-5-25-6-4-23/h1-2,7-8H,3-6,9H2. The Hall–Kier alpha value is -1.44. The average molecular weight is 399 g/mol. The van der Waals surface area contributed by atoms with Gasteiger partial charge < -0.3 is 4.74 Å². The molecule has 1 aliphatic rings. The van der Waals surface area contributed by atoms with Crippen LogP contribution in [-0.4, -0.2) is 50.8 Å². The van der Waals surface area contributed by atoms with Crippen molar-refractivity contribution in [3.8, 4) is 11.3 Å². The molecule has 9 heteroatoms. The van der Waals surface area contributed by atoms with E-state index in [4.69, 9.17) is 39.5 Å². The Kier molecular flexibility index (Phi) is 4.80. The molecule has 25 heavy (non-hydrogen) atoms. The Morgan fingerprint density at radius 2 is 1.84 bits per heavy atom. The molecule has 0 spiro atoms. The lowest BCUT2D eigenvalue weighted by molar-refractivity contribution is 0.0331. The summed E-state index contributed by atoms with van der Waals surface area (Å²) in [4.78, 5) is 11.2. The highest BCUT2D eigenvalue weighted by Gasteiger charge is 2.16. The summed E-state index contributed by atoms with van der Waals surface area (Å²) >= 11 is 18.5. The SMILES string of the molecule is Clc1ccc(-c2cc3nc(CN4CCOCC4)nn3c(Cl)n2)c(Cl)c1. The molecular formula is C16H14Cl3N5O. The highest BCUT2D eigenvalue weighted by molar-refractivity contribution is 6.36. The van der Waals surface area contributed by atoms with Crippen LogP contribution >= 0.6 is 34.8 Å². The zero-order valence-corrected chi connectivity index (χ0v) is 15.4. The number of ether oxygens (including phenoxy) is 1. The van der Waals surface area contributed by atoms with Gasteiger partial charge in [0, 0.05) is 29.7 Å². The maximum atomic E-state index is 6.30. The Labute approximate surface area is 159 Å². The average Bonchev–Trinajstić information content (AvgIpc) is 2.99. The number of hydrogen-bond acceptors (Lipinski definition) is 5. The van der Waals surface area contributed by atoms with Gasteiger partial charge >= 0.3 is 0 Å². The number of morpholine rings is 1. The summed E-state index contributed by atoms with van der Waals surface area (Å²) in [6, 6.07) is 7.06. The Bertz CT molecular complexity index is 924. The molecule has 2 aromatic heterocycles. The fraction of sp³-hybridized carbons (Fsp3) is 0.312. The van der Waals surface area contributed by atoms with Gasteiger partial charge in [-0.05, 0) is 29.8 Å². The van der Waals surface area contributed by atoms with Gasteiger partial charge in [-0.25, -0.2) is 9.97 Å². The minimum absolute atomic E-state index is 0.235. The predicted molar refractivity (Wildman–Crippen MR) is 97.3 cm³/mol. The van der Waals surface area contributed by atoms with E-state index in [-0.39, 0.29) is 5.28 Å². The maximum absolute atomic E-state index is 6.30. The number of nitrogens with zero attached hydrogens (tertiary/aromatic N) is 5. The first-order chi connectivity index (χ1) is 12.1. The Morgan fingerprint density at radius 3 is 2.60 bits per heavy atom. The second-order valence-electron chi connectivity index (χ2n) is 5.72. The normalized spacial score (nSPS) is 15.8. The molecule has 0 aliphatic carbocycles. The van der Waals surface area contributed by atoms with Crippen molar-refractivity contribution in [3.63, 3.8) is 0 Å². The van der Waals surface area contributed by atoms with E-state index in [1.807, 2.05) is 12.1 Å². The van der Waals surface area contributed by atoms with Crippen LogP contribution in [0, 0.1) is 0 Å². The Morgan fingerprint density at radius 1 is 1.04 bits per heavy atom. The molecule has 3 aromatic rings. The summed E-state index contributed by atoms with van der Waals surface area (Å²) in [6.07, 6.45) is 0. The third-order valence-electron chi connectivity index (χ3n) is 4.01. The zero-order valence-electron chi connectivity index (χ0n) is 13.1. The molecule has 6 nitrogen and oxygen atoms in total. The van der Waals surface area contributed by atoms with Crippen LogP contribution < -0.4 is 0 Å². The largest absolute Gasteiger partial charge is 0.379 e. The van der Waals surface area contributed by atoms with Crippen molar-refractivity contribution in [1.29, 1.82) is 0 Å². The van der Waals surface area contributed by atoms with Crippen molar-refractivity contribution in [2.75, 3.05) is 26.3 Å². The lowest BCUT2D eigenvalue weighted by Gasteiger charge is -2.25. The lowest BCUT2D eigenvalue weighted by Crippen LogP contribution is -2.35. The molecule has 0 N–H and O–H groups in total. The fourth-order valence-corrected chi connectivity index (χ4v) is 3.48. The van der Waals surface area contributed by atoms with Gasteiger partial charge in [0.2, 0.25) is 5.28 Å². The highest BCUT2D eigenvalue weighted by Crippen LogP contribution is 2.30.